The number of benzene rings is 1. The van der Waals surface area contributed by atoms with E-state index in [2.05, 4.69) is 49.5 Å². The first-order chi connectivity index (χ1) is 38.6. The molecule has 0 aliphatic carbocycles. The van der Waals surface area contributed by atoms with Crippen LogP contribution in [-0.4, -0.2) is 134 Å². The van der Waals surface area contributed by atoms with Gasteiger partial charge < -0.3 is 76.9 Å². The first-order valence-corrected chi connectivity index (χ1v) is 29.9. The van der Waals surface area contributed by atoms with Crippen molar-refractivity contribution in [3.8, 4) is 0 Å². The quantitative estimate of drug-likeness (QED) is 0.0408. The van der Waals surface area contributed by atoms with Gasteiger partial charge in [-0.15, -0.1) is 0 Å². The third-order valence-corrected chi connectivity index (χ3v) is 14.1. The molecule has 0 fully saturated rings. The molecule has 1 rings (SSSR count). The second-order valence-electron chi connectivity index (χ2n) is 22.4. The lowest BCUT2D eigenvalue weighted by Crippen LogP contribution is -2.60. The van der Waals surface area contributed by atoms with E-state index < -0.39 is 95.6 Å². The van der Waals surface area contributed by atoms with Crippen molar-refractivity contribution in [2.45, 2.75) is 225 Å². The van der Waals surface area contributed by atoms with E-state index >= 15 is 0 Å². The normalized spacial score (nSPS) is 14.7. The molecule has 1 aromatic carbocycles. The van der Waals surface area contributed by atoms with Gasteiger partial charge in [-0.3, -0.25) is 43.2 Å². The number of nitrogens with two attached hydrogens (primary N) is 6. The number of carbonyl (C=O) groups excluding carboxylic acids is 9. The maximum absolute atomic E-state index is 14.6. The second-order valence-corrected chi connectivity index (χ2v) is 22.4. The van der Waals surface area contributed by atoms with Crippen LogP contribution < -0.4 is 76.9 Å². The minimum atomic E-state index is -1.28. The van der Waals surface area contributed by atoms with Crippen LogP contribution in [0.25, 0.3) is 0 Å². The zero-order valence-electron chi connectivity index (χ0n) is 49.8. The number of hydrogen-bond donors (Lipinski definition) is 14. The highest BCUT2D eigenvalue weighted by Gasteiger charge is 2.35. The van der Waals surface area contributed by atoms with E-state index in [1.165, 1.54) is 0 Å². The van der Waals surface area contributed by atoms with Gasteiger partial charge >= 0.3 is 0 Å². The number of amides is 9. The van der Waals surface area contributed by atoms with Crippen LogP contribution in [0, 0.1) is 17.8 Å². The Morgan fingerprint density at radius 2 is 0.679 bits per heavy atom. The standard InChI is InChI=1S/C58H106N14O9/c1-7-40(6)28-29-50(73)65-42(23-11-16-30-59)52(75)66-43(24-12-17-31-60)53(76)68-46(27-15-20-34-63)56(79)71-48(36-39(4)5)57(80)72-49(37-41-21-9-8-10-22-41)58(81)69-44(25-13-18-32-61)54(77)67-45(26-14-19-33-62)55(78)70-47(51(64)74)35-38(2)3/h8-10,21-22,38-40,42-49H,7,11-20,23-37,59-63H2,1-6H3,(H2,64,74)(H,65,73)(H,66,75)(H,67,77)(H,68,76)(H,69,81)(H,70,78)(H,71,79)(H,72,80)/t40?,42-,43+,44+,45+,46+,47+,48+,49-/m1/s1. The van der Waals surface area contributed by atoms with E-state index in [0.29, 0.717) is 121 Å². The third kappa shape index (κ3) is 31.9. The SMILES string of the molecule is CCC(C)CCC(=O)N[C@H](CCCCN)C(=O)N[C@@H](CCCCN)C(=O)N[C@@H](CCCCN)C(=O)N[C@@H](CC(C)C)C(=O)N[C@H](Cc1ccccc1)C(=O)N[C@@H](CCCCN)C(=O)N[C@@H](CCCCN)C(=O)N[C@@H](CC(C)C)C(N)=O. The summed E-state index contributed by atoms with van der Waals surface area (Å²) >= 11 is 0. The number of rotatable bonds is 46. The molecule has 1 aromatic rings. The fourth-order valence-electron chi connectivity index (χ4n) is 9.04. The predicted octanol–water partition coefficient (Wildman–Crippen LogP) is 1.16. The Labute approximate surface area is 482 Å². The lowest BCUT2D eigenvalue weighted by atomic mass is 9.99. The molecule has 23 nitrogen and oxygen atoms in total. The third-order valence-electron chi connectivity index (χ3n) is 14.1. The Morgan fingerprint density at radius 3 is 1.01 bits per heavy atom. The molecule has 0 saturated heterocycles. The number of unbranched alkanes of at least 4 members (excludes halogenated alkanes) is 5. The molecule has 0 spiro atoms. The molecule has 0 bridgehead atoms. The van der Waals surface area contributed by atoms with Crippen molar-refractivity contribution in [1.82, 2.24) is 42.5 Å². The van der Waals surface area contributed by atoms with Crippen LogP contribution in [0.15, 0.2) is 30.3 Å². The summed E-state index contributed by atoms with van der Waals surface area (Å²) in [6, 6.07) is -0.0989. The summed E-state index contributed by atoms with van der Waals surface area (Å²) in [5.41, 5.74) is 35.3. The Morgan fingerprint density at radius 1 is 0.383 bits per heavy atom. The van der Waals surface area contributed by atoms with E-state index in [1.54, 1.807) is 30.3 Å². The van der Waals surface area contributed by atoms with E-state index in [-0.39, 0.29) is 69.1 Å². The molecule has 462 valence electrons. The Bertz CT molecular complexity index is 2020. The van der Waals surface area contributed by atoms with Crippen molar-refractivity contribution >= 4 is 53.2 Å². The van der Waals surface area contributed by atoms with E-state index in [4.69, 9.17) is 34.4 Å². The van der Waals surface area contributed by atoms with Gasteiger partial charge in [0.15, 0.2) is 0 Å². The summed E-state index contributed by atoms with van der Waals surface area (Å²) in [7, 11) is 0. The Balaban J connectivity index is 3.64. The first kappa shape index (κ1) is 73.3. The maximum atomic E-state index is 14.6. The van der Waals surface area contributed by atoms with Crippen LogP contribution in [0.4, 0.5) is 0 Å². The molecule has 1 unspecified atom stereocenters. The van der Waals surface area contributed by atoms with Crippen LogP contribution in [-0.2, 0) is 49.6 Å². The van der Waals surface area contributed by atoms with Crippen LogP contribution in [0.1, 0.15) is 176 Å². The van der Waals surface area contributed by atoms with Gasteiger partial charge in [0.05, 0.1) is 0 Å². The van der Waals surface area contributed by atoms with Crippen molar-refractivity contribution in [3.05, 3.63) is 35.9 Å². The van der Waals surface area contributed by atoms with E-state index in [9.17, 15) is 43.2 Å². The summed E-state index contributed by atoms with van der Waals surface area (Å²) < 4.78 is 0. The minimum absolute atomic E-state index is 0.0168. The number of carbonyl (C=O) groups is 9. The molecule has 0 aliphatic heterocycles. The number of hydrogen-bond acceptors (Lipinski definition) is 14. The highest BCUT2D eigenvalue weighted by molar-refractivity contribution is 5.98. The van der Waals surface area contributed by atoms with Gasteiger partial charge in [-0.05, 0) is 172 Å². The van der Waals surface area contributed by atoms with Gasteiger partial charge in [0.1, 0.15) is 48.3 Å². The maximum Gasteiger partial charge on any atom is 0.243 e. The van der Waals surface area contributed by atoms with Crippen LogP contribution >= 0.6 is 0 Å². The topological polar surface area (TPSA) is 406 Å². The van der Waals surface area contributed by atoms with Crippen molar-refractivity contribution in [2.75, 3.05) is 32.7 Å². The molecule has 0 aliphatic rings. The molecule has 0 radical (unpaired) electrons. The minimum Gasteiger partial charge on any atom is -0.368 e. The lowest BCUT2D eigenvalue weighted by molar-refractivity contribution is -0.136. The highest BCUT2D eigenvalue weighted by atomic mass is 16.2. The van der Waals surface area contributed by atoms with Crippen LogP contribution in [0.3, 0.4) is 0 Å². The zero-order chi connectivity index (χ0) is 60.7. The first-order valence-electron chi connectivity index (χ1n) is 29.9. The molecule has 20 N–H and O–H groups in total. The Kier molecular flexibility index (Phi) is 38.9. The molecule has 81 heavy (non-hydrogen) atoms. The fraction of sp³-hybridized carbons (Fsp3) is 0.741. The van der Waals surface area contributed by atoms with Crippen LogP contribution in [0.2, 0.25) is 0 Å². The fourth-order valence-corrected chi connectivity index (χ4v) is 9.04. The van der Waals surface area contributed by atoms with E-state index in [0.717, 1.165) is 6.42 Å². The molecule has 0 heterocycles. The summed E-state index contributed by atoms with van der Waals surface area (Å²) in [5, 5.41) is 22.6. The molecule has 9 atom stereocenters. The molecular formula is C58H106N14O9. The lowest BCUT2D eigenvalue weighted by Gasteiger charge is -2.29. The van der Waals surface area contributed by atoms with Crippen molar-refractivity contribution in [3.63, 3.8) is 0 Å². The smallest absolute Gasteiger partial charge is 0.243 e. The molecule has 9 amide bonds. The van der Waals surface area contributed by atoms with Crippen molar-refractivity contribution in [2.24, 2.45) is 52.2 Å². The predicted molar refractivity (Wildman–Crippen MR) is 317 cm³/mol. The van der Waals surface area contributed by atoms with Gasteiger partial charge in [0, 0.05) is 12.8 Å². The summed E-state index contributed by atoms with van der Waals surface area (Å²) in [5.74, 6) is -5.39. The van der Waals surface area contributed by atoms with Gasteiger partial charge in [-0.25, -0.2) is 0 Å². The van der Waals surface area contributed by atoms with Crippen molar-refractivity contribution in [1.29, 1.82) is 0 Å². The molecular weight excluding hydrogens is 1040 g/mol. The molecule has 0 aromatic heterocycles. The molecule has 0 saturated carbocycles. The molecule has 23 heteroatoms. The highest BCUT2D eigenvalue weighted by Crippen LogP contribution is 2.15. The average Bonchev–Trinajstić information content (AvgIpc) is 3.44. The number of nitrogens with one attached hydrogen (secondary N) is 8. The van der Waals surface area contributed by atoms with Gasteiger partial charge in [0.2, 0.25) is 53.2 Å². The van der Waals surface area contributed by atoms with Gasteiger partial charge in [0.25, 0.3) is 0 Å². The summed E-state index contributed by atoms with van der Waals surface area (Å²) in [6.07, 6.45) is 8.22. The number of primary amides is 1. The monoisotopic (exact) mass is 1140 g/mol. The summed E-state index contributed by atoms with van der Waals surface area (Å²) in [4.78, 5) is 125. The van der Waals surface area contributed by atoms with Crippen LogP contribution in [0.5, 0.6) is 0 Å². The zero-order valence-corrected chi connectivity index (χ0v) is 49.8. The second kappa shape index (κ2) is 43.0. The average molecular weight is 1140 g/mol. The van der Waals surface area contributed by atoms with Gasteiger partial charge in [-0.2, -0.15) is 0 Å². The largest absolute Gasteiger partial charge is 0.368 e. The van der Waals surface area contributed by atoms with Gasteiger partial charge in [-0.1, -0.05) is 78.3 Å². The van der Waals surface area contributed by atoms with Crippen molar-refractivity contribution < 1.29 is 43.2 Å². The summed E-state index contributed by atoms with van der Waals surface area (Å²) in [6.45, 7) is 13.3. The Hall–Kier alpha value is -5.75. The van der Waals surface area contributed by atoms with E-state index in [1.807, 2.05) is 34.6 Å².